The maximum Gasteiger partial charge on any atom is 0.317 e. The number of hydrogen-bond acceptors (Lipinski definition) is 4. The Morgan fingerprint density at radius 2 is 1.95 bits per heavy atom. The summed E-state index contributed by atoms with van der Waals surface area (Å²) in [5, 5.41) is 3.97. The molecule has 1 aromatic carbocycles. The lowest BCUT2D eigenvalue weighted by molar-refractivity contribution is -0.147. The van der Waals surface area contributed by atoms with E-state index in [1.165, 1.54) is 0 Å². The Morgan fingerprint density at radius 1 is 1.20 bits per heavy atom. The number of hydrogen-bond donors (Lipinski definition) is 0. The van der Waals surface area contributed by atoms with Crippen LogP contribution in [0.1, 0.15) is 5.76 Å². The molecule has 1 heterocycles. The summed E-state index contributed by atoms with van der Waals surface area (Å²) in [6, 6.07) is 11.5. The van der Waals surface area contributed by atoms with Gasteiger partial charge in [-0.05, 0) is 0 Å². The summed E-state index contributed by atoms with van der Waals surface area (Å²) >= 11 is 0. The van der Waals surface area contributed by atoms with E-state index in [9.17, 15) is 4.79 Å². The lowest BCUT2D eigenvalue weighted by Crippen LogP contribution is -2.12. The van der Waals surface area contributed by atoms with Crippen LogP contribution in [0.4, 0.5) is 0 Å². The van der Waals surface area contributed by atoms with E-state index in [0.717, 1.165) is 11.3 Å². The normalized spacial score (nSPS) is 13.8. The van der Waals surface area contributed by atoms with E-state index in [-0.39, 0.29) is 18.5 Å². The van der Waals surface area contributed by atoms with Crippen molar-refractivity contribution in [2.24, 2.45) is 5.92 Å². The number of allylic oxidation sites excluding steroid dienone is 2. The van der Waals surface area contributed by atoms with Crippen LogP contribution in [0.2, 0.25) is 0 Å². The molecule has 1 aromatic heterocycles. The number of esters is 1. The molecule has 0 aliphatic heterocycles. The Labute approximate surface area is 116 Å². The summed E-state index contributed by atoms with van der Waals surface area (Å²) in [5.41, 5.74) is 1.70. The van der Waals surface area contributed by atoms with Gasteiger partial charge in [0.15, 0.2) is 12.4 Å². The number of benzene rings is 1. The van der Waals surface area contributed by atoms with Crippen LogP contribution in [0.5, 0.6) is 0 Å². The van der Waals surface area contributed by atoms with E-state index in [2.05, 4.69) is 5.16 Å². The number of carbonyl (C=O) groups excluding carboxylic acids is 1. The number of rotatable bonds is 4. The van der Waals surface area contributed by atoms with Gasteiger partial charge in [-0.1, -0.05) is 59.8 Å². The summed E-state index contributed by atoms with van der Waals surface area (Å²) in [7, 11) is 0. The molecule has 2 aromatic rings. The van der Waals surface area contributed by atoms with E-state index >= 15 is 0 Å². The first-order valence-electron chi connectivity index (χ1n) is 6.35. The Bertz CT molecular complexity index is 643. The van der Waals surface area contributed by atoms with E-state index < -0.39 is 0 Å². The highest BCUT2D eigenvalue weighted by Crippen LogP contribution is 2.19. The number of aromatic nitrogens is 1. The van der Waals surface area contributed by atoms with Crippen molar-refractivity contribution in [1.29, 1.82) is 0 Å². The molecule has 0 saturated carbocycles. The molecule has 0 saturated heterocycles. The van der Waals surface area contributed by atoms with Crippen molar-refractivity contribution in [3.8, 4) is 11.3 Å². The molecule has 3 rings (SSSR count). The van der Waals surface area contributed by atoms with E-state index in [1.807, 2.05) is 42.5 Å². The topological polar surface area (TPSA) is 52.3 Å². The van der Waals surface area contributed by atoms with Crippen molar-refractivity contribution in [2.45, 2.75) is 6.61 Å². The summed E-state index contributed by atoms with van der Waals surface area (Å²) in [4.78, 5) is 11.7. The van der Waals surface area contributed by atoms with Gasteiger partial charge in [0.25, 0.3) is 0 Å². The fraction of sp³-hybridized carbons (Fsp3) is 0.125. The third-order valence-electron chi connectivity index (χ3n) is 3.01. The first-order valence-corrected chi connectivity index (χ1v) is 6.35. The molecule has 0 bridgehead atoms. The van der Waals surface area contributed by atoms with Crippen LogP contribution in [0, 0.1) is 5.92 Å². The van der Waals surface area contributed by atoms with Gasteiger partial charge in [0.05, 0.1) is 5.92 Å². The first-order chi connectivity index (χ1) is 9.83. The van der Waals surface area contributed by atoms with Gasteiger partial charge in [-0.25, -0.2) is 0 Å². The number of ether oxygens (including phenoxy) is 1. The Kier molecular flexibility index (Phi) is 3.46. The van der Waals surface area contributed by atoms with Gasteiger partial charge in [-0.15, -0.1) is 0 Å². The Morgan fingerprint density at radius 3 is 2.70 bits per heavy atom. The van der Waals surface area contributed by atoms with Crippen molar-refractivity contribution >= 4 is 5.97 Å². The lowest BCUT2D eigenvalue weighted by Gasteiger charge is -2.04. The number of nitrogens with zero attached hydrogens (tertiary/aromatic N) is 1. The largest absolute Gasteiger partial charge is 0.457 e. The van der Waals surface area contributed by atoms with Gasteiger partial charge < -0.3 is 9.26 Å². The minimum Gasteiger partial charge on any atom is -0.457 e. The van der Waals surface area contributed by atoms with Crippen LogP contribution in [-0.2, 0) is 16.1 Å². The first kappa shape index (κ1) is 12.4. The molecule has 0 spiro atoms. The van der Waals surface area contributed by atoms with Gasteiger partial charge in [-0.3, -0.25) is 4.79 Å². The number of carbonyl (C=O) groups is 1. The molecule has 0 N–H and O–H groups in total. The summed E-state index contributed by atoms with van der Waals surface area (Å²) in [5.74, 6) is -0.0395. The molecule has 0 unspecified atom stereocenters. The third-order valence-corrected chi connectivity index (χ3v) is 3.01. The molecular weight excluding hydrogens is 254 g/mol. The maximum absolute atomic E-state index is 11.7. The second kappa shape index (κ2) is 5.57. The molecule has 1 aliphatic carbocycles. The molecule has 4 nitrogen and oxygen atoms in total. The third kappa shape index (κ3) is 2.69. The van der Waals surface area contributed by atoms with Crippen LogP contribution in [0.25, 0.3) is 11.3 Å². The highest BCUT2D eigenvalue weighted by atomic mass is 16.5. The second-order valence-corrected chi connectivity index (χ2v) is 4.45. The average Bonchev–Trinajstić information content (AvgIpc) is 3.17. The quantitative estimate of drug-likeness (QED) is 0.799. The zero-order chi connectivity index (χ0) is 13.8. The van der Waals surface area contributed by atoms with Gasteiger partial charge in [-0.2, -0.15) is 0 Å². The predicted octanol–water partition coefficient (Wildman–Crippen LogP) is 3.13. The Hall–Kier alpha value is -2.62. The fourth-order valence-corrected chi connectivity index (χ4v) is 1.95. The molecule has 0 atom stereocenters. The smallest absolute Gasteiger partial charge is 0.317 e. The summed E-state index contributed by atoms with van der Waals surface area (Å²) < 4.78 is 10.4. The van der Waals surface area contributed by atoms with Crippen LogP contribution in [0.15, 0.2) is 65.2 Å². The minimum absolute atomic E-state index is 0.0941. The molecular formula is C16H13NO3. The second-order valence-electron chi connectivity index (χ2n) is 4.45. The van der Waals surface area contributed by atoms with E-state index in [0.29, 0.717) is 5.76 Å². The van der Waals surface area contributed by atoms with Gasteiger partial charge in [0.2, 0.25) is 0 Å². The van der Waals surface area contributed by atoms with Crippen molar-refractivity contribution in [3.05, 3.63) is 66.5 Å². The lowest BCUT2D eigenvalue weighted by atomic mass is 10.1. The predicted molar refractivity (Wildman–Crippen MR) is 73.5 cm³/mol. The van der Waals surface area contributed by atoms with Crippen molar-refractivity contribution in [1.82, 2.24) is 5.16 Å². The molecule has 0 radical (unpaired) electrons. The van der Waals surface area contributed by atoms with Crippen LogP contribution in [0.3, 0.4) is 0 Å². The van der Waals surface area contributed by atoms with E-state index in [4.69, 9.17) is 9.26 Å². The maximum atomic E-state index is 11.7. The van der Waals surface area contributed by atoms with Crippen molar-refractivity contribution in [2.75, 3.05) is 0 Å². The summed E-state index contributed by atoms with van der Waals surface area (Å²) in [6.45, 7) is 0.0941. The van der Waals surface area contributed by atoms with Crippen LogP contribution >= 0.6 is 0 Å². The zero-order valence-electron chi connectivity index (χ0n) is 10.7. The standard InChI is InChI=1S/C16H13NO3/c18-16(13-8-4-5-9-13)19-11-14-10-15(17-20-14)12-6-2-1-3-7-12/h1-10,13H,11H2. The molecule has 100 valence electrons. The highest BCUT2D eigenvalue weighted by molar-refractivity contribution is 5.77. The van der Waals surface area contributed by atoms with Crippen LogP contribution < -0.4 is 0 Å². The SMILES string of the molecule is O=C(OCc1cc(-c2ccccc2)no1)C1C=CC=C1. The molecule has 0 fully saturated rings. The van der Waals surface area contributed by atoms with Crippen LogP contribution in [-0.4, -0.2) is 11.1 Å². The monoisotopic (exact) mass is 267 g/mol. The van der Waals surface area contributed by atoms with Gasteiger partial charge in [0.1, 0.15) is 5.69 Å². The Balaban J connectivity index is 1.62. The average molecular weight is 267 g/mol. The molecule has 20 heavy (non-hydrogen) atoms. The zero-order valence-corrected chi connectivity index (χ0v) is 10.7. The van der Waals surface area contributed by atoms with Crippen molar-refractivity contribution in [3.63, 3.8) is 0 Å². The van der Waals surface area contributed by atoms with Gasteiger partial charge in [0, 0.05) is 11.6 Å². The molecule has 4 heteroatoms. The van der Waals surface area contributed by atoms with E-state index in [1.54, 1.807) is 18.2 Å². The minimum atomic E-state index is -0.286. The van der Waals surface area contributed by atoms with Gasteiger partial charge >= 0.3 is 5.97 Å². The molecule has 0 amide bonds. The summed E-state index contributed by atoms with van der Waals surface area (Å²) in [6.07, 6.45) is 7.23. The highest BCUT2D eigenvalue weighted by Gasteiger charge is 2.16. The fourth-order valence-electron chi connectivity index (χ4n) is 1.95. The van der Waals surface area contributed by atoms with Crippen molar-refractivity contribution < 1.29 is 14.1 Å². The molecule has 1 aliphatic rings.